The Morgan fingerprint density at radius 3 is 2.50 bits per heavy atom. The van der Waals surface area contributed by atoms with Gasteiger partial charge in [-0.1, -0.05) is 35.9 Å². The second kappa shape index (κ2) is 7.92. The molecule has 8 heteroatoms. The summed E-state index contributed by atoms with van der Waals surface area (Å²) in [6, 6.07) is 15.1. The minimum absolute atomic E-state index is 0.156. The lowest BCUT2D eigenvalue weighted by Crippen LogP contribution is -2.41. The Morgan fingerprint density at radius 2 is 1.81 bits per heavy atom. The van der Waals surface area contributed by atoms with Crippen molar-refractivity contribution >= 4 is 33.4 Å². The van der Waals surface area contributed by atoms with E-state index in [1.807, 2.05) is 13.0 Å². The molecule has 2 aromatic carbocycles. The van der Waals surface area contributed by atoms with E-state index in [0.717, 1.165) is 5.56 Å². The van der Waals surface area contributed by atoms with Crippen LogP contribution in [0.15, 0.2) is 64.6 Å². The summed E-state index contributed by atoms with van der Waals surface area (Å²) in [4.78, 5) is 14.7. The van der Waals surface area contributed by atoms with Crippen molar-refractivity contribution in [1.29, 1.82) is 0 Å². The molecule has 2 N–H and O–H groups in total. The molecule has 1 saturated heterocycles. The number of carbonyl (C=O) groups is 1. The number of hydrazone groups is 1. The number of hydrogen-bond acceptors (Lipinski definition) is 5. The topological polar surface area (TPSA) is 87.6 Å². The molecule has 1 heterocycles. The summed E-state index contributed by atoms with van der Waals surface area (Å²) in [5.41, 5.74) is 2.14. The van der Waals surface area contributed by atoms with Gasteiger partial charge in [0.25, 0.3) is 15.9 Å². The van der Waals surface area contributed by atoms with Gasteiger partial charge < -0.3 is 5.32 Å². The SMILES string of the molecule is Cc1ccc(S(=O)(=O)N/N=C2/CSC[C@@H]2NC(=O)c2ccccc2)cc1. The summed E-state index contributed by atoms with van der Waals surface area (Å²) in [6.45, 7) is 1.89. The molecule has 0 aliphatic carbocycles. The highest BCUT2D eigenvalue weighted by molar-refractivity contribution is 8.00. The molecule has 3 rings (SSSR count). The zero-order valence-corrected chi connectivity index (χ0v) is 15.8. The molecule has 6 nitrogen and oxygen atoms in total. The summed E-state index contributed by atoms with van der Waals surface area (Å²) >= 11 is 1.60. The number of sulfonamides is 1. The highest BCUT2D eigenvalue weighted by Gasteiger charge is 2.26. The van der Waals surface area contributed by atoms with Crippen molar-refractivity contribution in [2.24, 2.45) is 5.10 Å². The fraction of sp³-hybridized carbons (Fsp3) is 0.222. The number of benzene rings is 2. The van der Waals surface area contributed by atoms with Gasteiger partial charge in [-0.25, -0.2) is 4.83 Å². The molecule has 2 aromatic rings. The Kier molecular flexibility index (Phi) is 5.63. The van der Waals surface area contributed by atoms with Crippen molar-refractivity contribution in [2.75, 3.05) is 11.5 Å². The van der Waals surface area contributed by atoms with Gasteiger partial charge in [-0.3, -0.25) is 4.79 Å². The van der Waals surface area contributed by atoms with E-state index in [-0.39, 0.29) is 16.8 Å². The first-order valence-corrected chi connectivity index (χ1v) is 10.7. The average molecular weight is 390 g/mol. The lowest BCUT2D eigenvalue weighted by Gasteiger charge is -2.13. The van der Waals surface area contributed by atoms with Crippen molar-refractivity contribution in [1.82, 2.24) is 10.1 Å². The van der Waals surface area contributed by atoms with E-state index < -0.39 is 10.0 Å². The van der Waals surface area contributed by atoms with Crippen LogP contribution in [0.4, 0.5) is 0 Å². The monoisotopic (exact) mass is 389 g/mol. The third-order valence-corrected chi connectivity index (χ3v) is 6.21. The van der Waals surface area contributed by atoms with Crippen molar-refractivity contribution in [3.8, 4) is 0 Å². The number of carbonyl (C=O) groups excluding carboxylic acids is 1. The number of aryl methyl sites for hydroxylation is 1. The van der Waals surface area contributed by atoms with Crippen molar-refractivity contribution in [3.05, 3.63) is 65.7 Å². The molecule has 1 amide bonds. The van der Waals surface area contributed by atoms with Gasteiger partial charge in [-0.15, -0.1) is 0 Å². The summed E-state index contributed by atoms with van der Waals surface area (Å²) in [7, 11) is -3.73. The van der Waals surface area contributed by atoms with Crippen LogP contribution < -0.4 is 10.1 Å². The standard InChI is InChI=1S/C18H19N3O3S2/c1-13-7-9-15(10-8-13)26(23,24)21-20-17-12-25-11-16(17)19-18(22)14-5-3-2-4-6-14/h2-10,16,21H,11-12H2,1H3,(H,19,22)/b20-17-/t16-/m0/s1. The molecule has 0 saturated carbocycles. The van der Waals surface area contributed by atoms with E-state index in [2.05, 4.69) is 15.2 Å². The molecule has 0 aromatic heterocycles. The number of thioether (sulfide) groups is 1. The van der Waals surface area contributed by atoms with Crippen molar-refractivity contribution in [2.45, 2.75) is 17.9 Å². The number of hydrogen-bond donors (Lipinski definition) is 2. The summed E-state index contributed by atoms with van der Waals surface area (Å²) in [6.07, 6.45) is 0. The van der Waals surface area contributed by atoms with E-state index in [9.17, 15) is 13.2 Å². The van der Waals surface area contributed by atoms with Gasteiger partial charge in [-0.05, 0) is 31.2 Å². The van der Waals surface area contributed by atoms with Crippen LogP contribution >= 0.6 is 11.8 Å². The molecule has 1 aliphatic rings. The predicted molar refractivity (Wildman–Crippen MR) is 104 cm³/mol. The quantitative estimate of drug-likeness (QED) is 0.767. The van der Waals surface area contributed by atoms with E-state index in [1.165, 1.54) is 12.1 Å². The van der Waals surface area contributed by atoms with E-state index in [4.69, 9.17) is 0 Å². The second-order valence-electron chi connectivity index (χ2n) is 5.92. The van der Waals surface area contributed by atoms with Gasteiger partial charge in [-0.2, -0.15) is 25.3 Å². The second-order valence-corrected chi connectivity index (χ2v) is 8.61. The summed E-state index contributed by atoms with van der Waals surface area (Å²) < 4.78 is 24.7. The number of nitrogens with zero attached hydrogens (tertiary/aromatic N) is 1. The van der Waals surface area contributed by atoms with E-state index in [1.54, 1.807) is 48.2 Å². The molecule has 0 spiro atoms. The van der Waals surface area contributed by atoms with Gasteiger partial charge in [0, 0.05) is 17.1 Å². The highest BCUT2D eigenvalue weighted by Crippen LogP contribution is 2.17. The van der Waals surface area contributed by atoms with Gasteiger partial charge in [0.1, 0.15) is 0 Å². The van der Waals surface area contributed by atoms with E-state index in [0.29, 0.717) is 22.8 Å². The maximum Gasteiger partial charge on any atom is 0.276 e. The van der Waals surface area contributed by atoms with Crippen molar-refractivity contribution < 1.29 is 13.2 Å². The van der Waals surface area contributed by atoms with Crippen LogP contribution in [0.5, 0.6) is 0 Å². The van der Waals surface area contributed by atoms with Crippen LogP contribution in [0.1, 0.15) is 15.9 Å². The molecule has 0 radical (unpaired) electrons. The summed E-state index contributed by atoms with van der Waals surface area (Å²) in [5, 5.41) is 6.97. The lowest BCUT2D eigenvalue weighted by molar-refractivity contribution is 0.0950. The summed E-state index contributed by atoms with van der Waals surface area (Å²) in [5.74, 6) is 1.02. The molecule has 1 atom stereocenters. The minimum Gasteiger partial charge on any atom is -0.343 e. The zero-order valence-electron chi connectivity index (χ0n) is 14.2. The molecular formula is C18H19N3O3S2. The Hall–Kier alpha value is -2.32. The normalized spacial score (nSPS) is 18.7. The van der Waals surface area contributed by atoms with Crippen LogP contribution in [0.2, 0.25) is 0 Å². The molecule has 26 heavy (non-hydrogen) atoms. The maximum atomic E-state index is 12.3. The molecule has 0 unspecified atom stereocenters. The number of rotatable bonds is 5. The van der Waals surface area contributed by atoms with Crippen LogP contribution in [-0.2, 0) is 10.0 Å². The largest absolute Gasteiger partial charge is 0.343 e. The van der Waals surface area contributed by atoms with E-state index >= 15 is 0 Å². The molecule has 1 aliphatic heterocycles. The van der Waals surface area contributed by atoms with Crippen LogP contribution in [0.25, 0.3) is 0 Å². The Balaban J connectivity index is 1.69. The van der Waals surface area contributed by atoms with Crippen molar-refractivity contribution in [3.63, 3.8) is 0 Å². The smallest absolute Gasteiger partial charge is 0.276 e. The number of nitrogens with one attached hydrogen (secondary N) is 2. The maximum absolute atomic E-state index is 12.3. The number of amides is 1. The van der Waals surface area contributed by atoms with Gasteiger partial charge in [0.05, 0.1) is 16.6 Å². The Morgan fingerprint density at radius 1 is 1.12 bits per heavy atom. The fourth-order valence-corrected chi connectivity index (χ4v) is 4.37. The van der Waals surface area contributed by atoms with Gasteiger partial charge in [0.15, 0.2) is 0 Å². The average Bonchev–Trinajstić information content (AvgIpc) is 3.08. The first kappa shape index (κ1) is 18.5. The molecule has 136 valence electrons. The highest BCUT2D eigenvalue weighted by atomic mass is 32.2. The van der Waals surface area contributed by atoms with Gasteiger partial charge >= 0.3 is 0 Å². The minimum atomic E-state index is -3.73. The Bertz CT molecular complexity index is 910. The van der Waals surface area contributed by atoms with Crippen LogP contribution in [-0.4, -0.2) is 37.6 Å². The third-order valence-electron chi connectivity index (χ3n) is 3.92. The fourth-order valence-electron chi connectivity index (χ4n) is 2.43. The lowest BCUT2D eigenvalue weighted by atomic mass is 10.1. The molecular weight excluding hydrogens is 370 g/mol. The third kappa shape index (κ3) is 4.44. The molecule has 0 bridgehead atoms. The molecule has 1 fully saturated rings. The Labute approximate surface area is 157 Å². The predicted octanol–water partition coefficient (Wildman–Crippen LogP) is 2.17. The van der Waals surface area contributed by atoms with Crippen LogP contribution in [0.3, 0.4) is 0 Å². The van der Waals surface area contributed by atoms with Crippen LogP contribution in [0, 0.1) is 6.92 Å². The van der Waals surface area contributed by atoms with Gasteiger partial charge in [0.2, 0.25) is 0 Å². The first-order chi connectivity index (χ1) is 12.5. The zero-order chi connectivity index (χ0) is 18.6. The first-order valence-electron chi connectivity index (χ1n) is 8.04.